The average Bonchev–Trinajstić information content (AvgIpc) is 2.78. The second kappa shape index (κ2) is 5.68. The van der Waals surface area contributed by atoms with Crippen molar-refractivity contribution in [3.05, 3.63) is 23.7 Å². The zero-order valence-corrected chi connectivity index (χ0v) is 12.8. The highest BCUT2D eigenvalue weighted by molar-refractivity contribution is 5.07. The van der Waals surface area contributed by atoms with E-state index >= 15 is 0 Å². The largest absolute Gasteiger partial charge is 0.465 e. The molecule has 1 aliphatic rings. The van der Waals surface area contributed by atoms with Crippen molar-refractivity contribution in [2.75, 3.05) is 13.6 Å². The fourth-order valence-electron chi connectivity index (χ4n) is 3.68. The third-order valence-electron chi connectivity index (χ3n) is 5.27. The topological polar surface area (TPSA) is 42.4 Å². The molecule has 2 rings (SSSR count). The van der Waals surface area contributed by atoms with Gasteiger partial charge in [-0.05, 0) is 44.4 Å². The van der Waals surface area contributed by atoms with Crippen LogP contribution in [0.15, 0.2) is 16.5 Å². The van der Waals surface area contributed by atoms with Crippen LogP contribution in [0.1, 0.15) is 44.6 Å². The van der Waals surface area contributed by atoms with E-state index in [2.05, 4.69) is 31.9 Å². The number of nitrogens with two attached hydrogens (primary N) is 1. The molecule has 2 N–H and O–H groups in total. The fraction of sp³-hybridized carbons (Fsp3) is 0.750. The summed E-state index contributed by atoms with van der Waals surface area (Å²) in [4.78, 5) is 2.42. The lowest BCUT2D eigenvalue weighted by Gasteiger charge is -2.50. The molecule has 0 saturated heterocycles. The van der Waals surface area contributed by atoms with Gasteiger partial charge in [0, 0.05) is 12.1 Å². The molecule has 1 aromatic rings. The predicted molar refractivity (Wildman–Crippen MR) is 78.9 cm³/mol. The average molecular weight is 264 g/mol. The predicted octanol–water partition coefficient (Wildman–Crippen LogP) is 3.17. The normalized spacial score (nSPS) is 31.9. The standard InChI is InChI=1S/C16H28N2O/c1-12-6-5-9-16(11-17,14(12)3)18(4)10-15-8-7-13(2)19-15/h7-8,12,14H,5-6,9-11,17H2,1-4H3. The Hall–Kier alpha value is -0.800. The van der Waals surface area contributed by atoms with Crippen molar-refractivity contribution in [3.63, 3.8) is 0 Å². The molecule has 1 aromatic heterocycles. The number of nitrogens with zero attached hydrogens (tertiary/aromatic N) is 1. The van der Waals surface area contributed by atoms with Gasteiger partial charge in [-0.15, -0.1) is 0 Å². The van der Waals surface area contributed by atoms with Gasteiger partial charge in [-0.1, -0.05) is 26.7 Å². The van der Waals surface area contributed by atoms with Gasteiger partial charge in [0.2, 0.25) is 0 Å². The highest BCUT2D eigenvalue weighted by Crippen LogP contribution is 2.41. The molecule has 0 bridgehead atoms. The second-order valence-corrected chi connectivity index (χ2v) is 6.33. The van der Waals surface area contributed by atoms with Crippen LogP contribution >= 0.6 is 0 Å². The zero-order valence-electron chi connectivity index (χ0n) is 12.8. The highest BCUT2D eigenvalue weighted by Gasteiger charge is 2.43. The maximum atomic E-state index is 6.18. The Kier molecular flexibility index (Phi) is 4.36. The van der Waals surface area contributed by atoms with Crippen LogP contribution in [0.25, 0.3) is 0 Å². The molecule has 1 fully saturated rings. The van der Waals surface area contributed by atoms with E-state index in [0.29, 0.717) is 5.92 Å². The smallest absolute Gasteiger partial charge is 0.118 e. The van der Waals surface area contributed by atoms with Crippen LogP contribution in [-0.4, -0.2) is 24.0 Å². The zero-order chi connectivity index (χ0) is 14.0. The summed E-state index contributed by atoms with van der Waals surface area (Å²) in [5.74, 6) is 3.40. The lowest BCUT2D eigenvalue weighted by atomic mass is 9.67. The molecule has 0 radical (unpaired) electrons. The van der Waals surface area contributed by atoms with Crippen molar-refractivity contribution in [3.8, 4) is 0 Å². The number of aryl methyl sites for hydroxylation is 1. The molecule has 0 aliphatic heterocycles. The van der Waals surface area contributed by atoms with E-state index in [-0.39, 0.29) is 5.54 Å². The van der Waals surface area contributed by atoms with Crippen LogP contribution in [0, 0.1) is 18.8 Å². The summed E-state index contributed by atoms with van der Waals surface area (Å²) in [5, 5.41) is 0. The first-order valence-corrected chi connectivity index (χ1v) is 7.46. The molecule has 1 saturated carbocycles. The molecule has 3 heteroatoms. The van der Waals surface area contributed by atoms with Crippen LogP contribution in [0.5, 0.6) is 0 Å². The van der Waals surface area contributed by atoms with Crippen LogP contribution in [0.3, 0.4) is 0 Å². The lowest BCUT2D eigenvalue weighted by molar-refractivity contribution is -0.00220. The van der Waals surface area contributed by atoms with E-state index in [0.717, 1.165) is 30.5 Å². The fourth-order valence-corrected chi connectivity index (χ4v) is 3.68. The van der Waals surface area contributed by atoms with Gasteiger partial charge in [-0.25, -0.2) is 0 Å². The maximum Gasteiger partial charge on any atom is 0.118 e. The minimum Gasteiger partial charge on any atom is -0.465 e. The van der Waals surface area contributed by atoms with Gasteiger partial charge in [0.1, 0.15) is 11.5 Å². The summed E-state index contributed by atoms with van der Waals surface area (Å²) in [6.07, 6.45) is 3.81. The van der Waals surface area contributed by atoms with E-state index in [1.54, 1.807) is 0 Å². The summed E-state index contributed by atoms with van der Waals surface area (Å²) in [6.45, 7) is 8.30. The summed E-state index contributed by atoms with van der Waals surface area (Å²) in [5.41, 5.74) is 6.30. The summed E-state index contributed by atoms with van der Waals surface area (Å²) in [6, 6.07) is 4.11. The quantitative estimate of drug-likeness (QED) is 0.908. The Labute approximate surface area is 117 Å². The van der Waals surface area contributed by atoms with Gasteiger partial charge >= 0.3 is 0 Å². The van der Waals surface area contributed by atoms with E-state index in [4.69, 9.17) is 10.2 Å². The van der Waals surface area contributed by atoms with Crippen molar-refractivity contribution in [1.82, 2.24) is 4.90 Å². The SMILES string of the molecule is Cc1ccc(CN(C)C2(CN)CCCC(C)C2C)o1. The lowest BCUT2D eigenvalue weighted by Crippen LogP contribution is -2.59. The van der Waals surface area contributed by atoms with Crippen LogP contribution in [0.2, 0.25) is 0 Å². The van der Waals surface area contributed by atoms with Crippen molar-refractivity contribution in [2.45, 2.75) is 52.1 Å². The molecule has 3 unspecified atom stereocenters. The number of likely N-dealkylation sites (N-methyl/N-ethyl adjacent to an activating group) is 1. The van der Waals surface area contributed by atoms with Gasteiger partial charge in [-0.2, -0.15) is 0 Å². The monoisotopic (exact) mass is 264 g/mol. The molecule has 1 heterocycles. The van der Waals surface area contributed by atoms with E-state index in [1.807, 2.05) is 13.0 Å². The highest BCUT2D eigenvalue weighted by atomic mass is 16.3. The molecule has 1 aliphatic carbocycles. The Morgan fingerprint density at radius 1 is 1.42 bits per heavy atom. The van der Waals surface area contributed by atoms with Crippen molar-refractivity contribution in [1.29, 1.82) is 0 Å². The summed E-state index contributed by atoms with van der Waals surface area (Å²) >= 11 is 0. The van der Waals surface area contributed by atoms with E-state index < -0.39 is 0 Å². The Morgan fingerprint density at radius 2 is 2.16 bits per heavy atom. The van der Waals surface area contributed by atoms with Gasteiger partial charge in [0.15, 0.2) is 0 Å². The van der Waals surface area contributed by atoms with Crippen LogP contribution < -0.4 is 5.73 Å². The van der Waals surface area contributed by atoms with E-state index in [1.165, 1.54) is 19.3 Å². The van der Waals surface area contributed by atoms with Gasteiger partial charge in [0.05, 0.1) is 6.54 Å². The maximum absolute atomic E-state index is 6.18. The number of hydrogen-bond donors (Lipinski definition) is 1. The third kappa shape index (κ3) is 2.72. The first kappa shape index (κ1) is 14.6. The number of rotatable bonds is 4. The molecule has 3 nitrogen and oxygen atoms in total. The molecule has 0 amide bonds. The Balaban J connectivity index is 2.15. The first-order chi connectivity index (χ1) is 8.99. The molecular formula is C16H28N2O. The summed E-state index contributed by atoms with van der Waals surface area (Å²) < 4.78 is 5.71. The molecular weight excluding hydrogens is 236 g/mol. The van der Waals surface area contributed by atoms with Gasteiger partial charge in [-0.3, -0.25) is 4.90 Å². The third-order valence-corrected chi connectivity index (χ3v) is 5.27. The van der Waals surface area contributed by atoms with Gasteiger partial charge in [0.25, 0.3) is 0 Å². The molecule has 0 aromatic carbocycles. The number of hydrogen-bond acceptors (Lipinski definition) is 3. The molecule has 3 atom stereocenters. The van der Waals surface area contributed by atoms with Crippen LogP contribution in [0.4, 0.5) is 0 Å². The first-order valence-electron chi connectivity index (χ1n) is 7.46. The number of furan rings is 1. The Bertz CT molecular complexity index is 415. The van der Waals surface area contributed by atoms with Crippen LogP contribution in [-0.2, 0) is 6.54 Å². The van der Waals surface area contributed by atoms with E-state index in [9.17, 15) is 0 Å². The van der Waals surface area contributed by atoms with Crippen molar-refractivity contribution >= 4 is 0 Å². The van der Waals surface area contributed by atoms with Gasteiger partial charge < -0.3 is 10.2 Å². The molecule has 19 heavy (non-hydrogen) atoms. The minimum absolute atomic E-state index is 0.123. The second-order valence-electron chi connectivity index (χ2n) is 6.33. The Morgan fingerprint density at radius 3 is 2.74 bits per heavy atom. The van der Waals surface area contributed by atoms with Crippen molar-refractivity contribution < 1.29 is 4.42 Å². The molecule has 108 valence electrons. The van der Waals surface area contributed by atoms with Crippen molar-refractivity contribution in [2.24, 2.45) is 17.6 Å². The minimum atomic E-state index is 0.123. The summed E-state index contributed by atoms with van der Waals surface area (Å²) in [7, 11) is 2.19. The molecule has 0 spiro atoms.